The largest absolute Gasteiger partial charge is 0.339 e. The van der Waals surface area contributed by atoms with E-state index in [-0.39, 0.29) is 5.11 Å². The van der Waals surface area contributed by atoms with E-state index in [0.29, 0.717) is 16.3 Å². The number of alkyl halides is 3. The summed E-state index contributed by atoms with van der Waals surface area (Å²) in [7, 11) is 0. The van der Waals surface area contributed by atoms with Crippen LogP contribution in [0.1, 0.15) is 15.9 Å². The predicted molar refractivity (Wildman–Crippen MR) is 114 cm³/mol. The second-order valence-electron chi connectivity index (χ2n) is 5.42. The van der Waals surface area contributed by atoms with Gasteiger partial charge in [-0.05, 0) is 55.5 Å². The Balaban J connectivity index is 2.06. The molecule has 0 spiro atoms. The second kappa shape index (κ2) is 9.11. The molecule has 0 aliphatic carbocycles. The number of nitrogens with one attached hydrogen (secondary N) is 3. The van der Waals surface area contributed by atoms with Crippen molar-refractivity contribution < 1.29 is 4.79 Å². The van der Waals surface area contributed by atoms with Gasteiger partial charge in [0.05, 0.1) is 0 Å². The van der Waals surface area contributed by atoms with Crippen molar-refractivity contribution in [2.24, 2.45) is 0 Å². The summed E-state index contributed by atoms with van der Waals surface area (Å²) in [5, 5.41) is 9.13. The molecule has 0 bridgehead atoms. The van der Waals surface area contributed by atoms with E-state index in [0.717, 1.165) is 5.56 Å². The van der Waals surface area contributed by atoms with Gasteiger partial charge in [0.2, 0.25) is 3.79 Å². The van der Waals surface area contributed by atoms with E-state index in [9.17, 15) is 4.79 Å². The van der Waals surface area contributed by atoms with E-state index in [2.05, 4.69) is 16.0 Å². The highest BCUT2D eigenvalue weighted by Gasteiger charge is 2.34. The zero-order chi connectivity index (χ0) is 19.3. The third kappa shape index (κ3) is 6.49. The van der Waals surface area contributed by atoms with Crippen LogP contribution in [0, 0.1) is 6.92 Å². The van der Waals surface area contributed by atoms with Crippen LogP contribution in [0.15, 0.2) is 48.5 Å². The molecule has 3 N–H and O–H groups in total. The van der Waals surface area contributed by atoms with Crippen LogP contribution in [0.25, 0.3) is 0 Å². The van der Waals surface area contributed by atoms with Gasteiger partial charge in [-0.25, -0.2) is 0 Å². The minimum atomic E-state index is -1.83. The number of anilines is 1. The van der Waals surface area contributed by atoms with Gasteiger partial charge < -0.3 is 16.0 Å². The summed E-state index contributed by atoms with van der Waals surface area (Å²) in [6.07, 6.45) is -1.05. The molecule has 0 saturated heterocycles. The maximum absolute atomic E-state index is 12.4. The van der Waals surface area contributed by atoms with E-state index in [4.69, 9.17) is 58.6 Å². The first kappa shape index (κ1) is 21.1. The Morgan fingerprint density at radius 2 is 1.73 bits per heavy atom. The highest BCUT2D eigenvalue weighted by atomic mass is 35.6. The van der Waals surface area contributed by atoms with Gasteiger partial charge in [-0.3, -0.25) is 4.79 Å². The van der Waals surface area contributed by atoms with Crippen LogP contribution in [0.3, 0.4) is 0 Å². The Morgan fingerprint density at radius 1 is 1.08 bits per heavy atom. The van der Waals surface area contributed by atoms with Gasteiger partial charge in [-0.1, -0.05) is 64.1 Å². The number of hydrogen-bond donors (Lipinski definition) is 3. The molecule has 0 aliphatic rings. The van der Waals surface area contributed by atoms with Gasteiger partial charge in [0.15, 0.2) is 5.11 Å². The molecule has 1 amide bonds. The highest BCUT2D eigenvalue weighted by molar-refractivity contribution is 7.80. The average molecular weight is 451 g/mol. The first-order chi connectivity index (χ1) is 12.1. The third-order valence-electron chi connectivity index (χ3n) is 3.26. The quantitative estimate of drug-likeness (QED) is 0.346. The standard InChI is InChI=1S/C17H15Cl4N3OS/c1-10-3-2-4-11(9-10)14(25)23-15(17(19,20)21)24-16(26)22-13-7-5-12(18)6-8-13/h2-9,15H,1H3,(H,23,25)(H2,22,24,26)/t15-/m1/s1. The molecule has 138 valence electrons. The molecule has 1 atom stereocenters. The predicted octanol–water partition coefficient (Wildman–Crippen LogP) is 5.06. The Kier molecular flexibility index (Phi) is 7.38. The molecular formula is C17H15Cl4N3OS. The smallest absolute Gasteiger partial charge is 0.252 e. The number of rotatable bonds is 4. The van der Waals surface area contributed by atoms with Gasteiger partial charge in [-0.2, -0.15) is 0 Å². The van der Waals surface area contributed by atoms with E-state index in [1.807, 2.05) is 13.0 Å². The van der Waals surface area contributed by atoms with Crippen LogP contribution in [-0.2, 0) is 0 Å². The molecule has 0 radical (unpaired) electrons. The van der Waals surface area contributed by atoms with E-state index in [1.165, 1.54) is 0 Å². The molecule has 0 heterocycles. The van der Waals surface area contributed by atoms with Crippen molar-refractivity contribution in [2.75, 3.05) is 5.32 Å². The van der Waals surface area contributed by atoms with Crippen LogP contribution in [0.5, 0.6) is 0 Å². The van der Waals surface area contributed by atoms with Crippen molar-refractivity contribution in [3.05, 3.63) is 64.7 Å². The number of halogens is 4. The van der Waals surface area contributed by atoms with Crippen LogP contribution < -0.4 is 16.0 Å². The highest BCUT2D eigenvalue weighted by Crippen LogP contribution is 2.29. The lowest BCUT2D eigenvalue weighted by molar-refractivity contribution is 0.0934. The zero-order valence-corrected chi connectivity index (χ0v) is 17.4. The lowest BCUT2D eigenvalue weighted by Crippen LogP contribution is -2.56. The molecule has 0 fully saturated rings. The average Bonchev–Trinajstić information content (AvgIpc) is 2.55. The summed E-state index contributed by atoms with van der Waals surface area (Å²) in [6.45, 7) is 1.88. The number of carbonyl (C=O) groups is 1. The molecular weight excluding hydrogens is 436 g/mol. The number of carbonyl (C=O) groups excluding carboxylic acids is 1. The fourth-order valence-corrected chi connectivity index (χ4v) is 2.72. The second-order valence-corrected chi connectivity index (χ2v) is 8.64. The van der Waals surface area contributed by atoms with Gasteiger partial charge in [0.1, 0.15) is 6.17 Å². The topological polar surface area (TPSA) is 53.2 Å². The van der Waals surface area contributed by atoms with Crippen LogP contribution in [-0.4, -0.2) is 21.0 Å². The number of benzene rings is 2. The van der Waals surface area contributed by atoms with Crippen molar-refractivity contribution in [1.29, 1.82) is 0 Å². The van der Waals surface area contributed by atoms with Crippen LogP contribution >= 0.6 is 58.6 Å². The summed E-state index contributed by atoms with van der Waals surface area (Å²) >= 11 is 29.0. The Hall–Kier alpha value is -1.24. The molecule has 0 aliphatic heterocycles. The fraction of sp³-hybridized carbons (Fsp3) is 0.176. The van der Waals surface area contributed by atoms with E-state index in [1.54, 1.807) is 42.5 Å². The van der Waals surface area contributed by atoms with E-state index >= 15 is 0 Å². The van der Waals surface area contributed by atoms with Crippen molar-refractivity contribution in [3.63, 3.8) is 0 Å². The van der Waals surface area contributed by atoms with Gasteiger partial charge in [0.25, 0.3) is 5.91 Å². The summed E-state index contributed by atoms with van der Waals surface area (Å²) in [6, 6.07) is 14.0. The normalized spacial score (nSPS) is 12.2. The van der Waals surface area contributed by atoms with Crippen molar-refractivity contribution in [2.45, 2.75) is 16.9 Å². The van der Waals surface area contributed by atoms with Gasteiger partial charge in [0, 0.05) is 16.3 Å². The summed E-state index contributed by atoms with van der Waals surface area (Å²) < 4.78 is -1.83. The maximum Gasteiger partial charge on any atom is 0.252 e. The molecule has 2 aromatic rings. The lowest BCUT2D eigenvalue weighted by Gasteiger charge is -2.27. The number of amides is 1. The summed E-state index contributed by atoms with van der Waals surface area (Å²) in [4.78, 5) is 12.4. The first-order valence-corrected chi connectivity index (χ1v) is 9.34. The molecule has 9 heteroatoms. The van der Waals surface area contributed by atoms with Gasteiger partial charge >= 0.3 is 0 Å². The molecule has 4 nitrogen and oxygen atoms in total. The Bertz CT molecular complexity index is 793. The van der Waals surface area contributed by atoms with Gasteiger partial charge in [-0.15, -0.1) is 0 Å². The minimum absolute atomic E-state index is 0.174. The van der Waals surface area contributed by atoms with Crippen molar-refractivity contribution in [3.8, 4) is 0 Å². The Morgan fingerprint density at radius 3 is 2.31 bits per heavy atom. The number of hydrogen-bond acceptors (Lipinski definition) is 2. The Labute approximate surface area is 177 Å². The fourth-order valence-electron chi connectivity index (χ4n) is 2.03. The van der Waals surface area contributed by atoms with Crippen molar-refractivity contribution >= 4 is 75.3 Å². The molecule has 0 saturated carbocycles. The maximum atomic E-state index is 12.4. The van der Waals surface area contributed by atoms with E-state index < -0.39 is 15.9 Å². The third-order valence-corrected chi connectivity index (χ3v) is 4.39. The first-order valence-electron chi connectivity index (χ1n) is 7.42. The minimum Gasteiger partial charge on any atom is -0.339 e. The molecule has 0 unspecified atom stereocenters. The van der Waals surface area contributed by atoms with Crippen LogP contribution in [0.4, 0.5) is 5.69 Å². The molecule has 2 aromatic carbocycles. The molecule has 0 aromatic heterocycles. The summed E-state index contributed by atoms with van der Waals surface area (Å²) in [5.41, 5.74) is 2.08. The monoisotopic (exact) mass is 449 g/mol. The summed E-state index contributed by atoms with van der Waals surface area (Å²) in [5.74, 6) is -0.396. The zero-order valence-electron chi connectivity index (χ0n) is 13.5. The molecule has 2 rings (SSSR count). The van der Waals surface area contributed by atoms with Crippen molar-refractivity contribution in [1.82, 2.24) is 10.6 Å². The molecule has 26 heavy (non-hydrogen) atoms. The SMILES string of the molecule is Cc1cccc(C(=O)N[C@H](NC(=S)Nc2ccc(Cl)cc2)C(Cl)(Cl)Cl)c1. The number of aryl methyl sites for hydroxylation is 1. The number of thiocarbonyl (C=S) groups is 1. The van der Waals surface area contributed by atoms with Crippen LogP contribution in [0.2, 0.25) is 5.02 Å². The lowest BCUT2D eigenvalue weighted by atomic mass is 10.1.